The van der Waals surface area contributed by atoms with E-state index < -0.39 is 0 Å². The van der Waals surface area contributed by atoms with Gasteiger partial charge in [0, 0.05) is 17.6 Å². The van der Waals surface area contributed by atoms with Gasteiger partial charge in [0.15, 0.2) is 0 Å². The van der Waals surface area contributed by atoms with E-state index >= 15 is 0 Å². The molecule has 12 heavy (non-hydrogen) atoms. The molecule has 0 heterocycles. The summed E-state index contributed by atoms with van der Waals surface area (Å²) in [6.45, 7) is 3.70. The Labute approximate surface area is 78.1 Å². The van der Waals surface area contributed by atoms with Gasteiger partial charge in [-0.15, -0.1) is 11.8 Å². The molecule has 0 aliphatic rings. The van der Waals surface area contributed by atoms with Crippen molar-refractivity contribution in [2.75, 3.05) is 18.2 Å². The number of thioether (sulfide) groups is 1. The Morgan fingerprint density at radius 2 is 1.92 bits per heavy atom. The summed E-state index contributed by atoms with van der Waals surface area (Å²) in [4.78, 5) is 3.28. The first-order chi connectivity index (χ1) is 5.77. The average molecular weight is 179 g/mol. The van der Waals surface area contributed by atoms with Crippen LogP contribution in [-0.4, -0.2) is 13.3 Å². The van der Waals surface area contributed by atoms with E-state index in [1.54, 1.807) is 18.0 Å². The van der Waals surface area contributed by atoms with Gasteiger partial charge in [0.1, 0.15) is 0 Å². The van der Waals surface area contributed by atoms with Gasteiger partial charge in [-0.05, 0) is 36.7 Å². The summed E-state index contributed by atoms with van der Waals surface area (Å²) >= 11 is 1.75. The van der Waals surface area contributed by atoms with Crippen LogP contribution in [0.4, 0.5) is 5.69 Å². The predicted molar refractivity (Wildman–Crippen MR) is 56.8 cm³/mol. The molecule has 0 aliphatic carbocycles. The zero-order chi connectivity index (χ0) is 8.97. The van der Waals surface area contributed by atoms with Gasteiger partial charge in [-0.25, -0.2) is 0 Å². The lowest BCUT2D eigenvalue weighted by Gasteiger charge is -2.13. The molecule has 1 aromatic carbocycles. The number of nitrogens with zero attached hydrogens (tertiary/aromatic N) is 1. The van der Waals surface area contributed by atoms with Crippen LogP contribution in [0.3, 0.4) is 0 Å². The minimum atomic E-state index is 1.17. The van der Waals surface area contributed by atoms with Crippen molar-refractivity contribution in [3.8, 4) is 0 Å². The first kappa shape index (κ1) is 9.20. The maximum atomic E-state index is 3.70. The molecule has 2 heteroatoms. The normalized spacial score (nSPS) is 9.50. The first-order valence-corrected chi connectivity index (χ1v) is 5.00. The standard InChI is InChI=1S/C10H13NS/c1-4-11(2)9-5-7-10(12-3)8-6-9/h4-8H,1H2,2-3H3. The number of hydrogen-bond donors (Lipinski definition) is 0. The van der Waals surface area contributed by atoms with Gasteiger partial charge in [0.05, 0.1) is 0 Å². The van der Waals surface area contributed by atoms with E-state index in [9.17, 15) is 0 Å². The molecule has 0 N–H and O–H groups in total. The van der Waals surface area contributed by atoms with E-state index in [4.69, 9.17) is 0 Å². The largest absolute Gasteiger partial charge is 0.352 e. The van der Waals surface area contributed by atoms with Crippen molar-refractivity contribution in [3.63, 3.8) is 0 Å². The molecule has 0 bridgehead atoms. The van der Waals surface area contributed by atoms with Gasteiger partial charge in [-0.2, -0.15) is 0 Å². The molecule has 1 rings (SSSR count). The van der Waals surface area contributed by atoms with Crippen LogP contribution in [0.5, 0.6) is 0 Å². The maximum Gasteiger partial charge on any atom is 0.0404 e. The molecule has 0 radical (unpaired) electrons. The highest BCUT2D eigenvalue weighted by atomic mass is 32.2. The van der Waals surface area contributed by atoms with Crippen molar-refractivity contribution in [1.29, 1.82) is 0 Å². The summed E-state index contributed by atoms with van der Waals surface area (Å²) in [6.07, 6.45) is 3.88. The quantitative estimate of drug-likeness (QED) is 0.656. The van der Waals surface area contributed by atoms with Gasteiger partial charge in [-0.3, -0.25) is 0 Å². The minimum absolute atomic E-state index is 1.17. The molecule has 0 aromatic heterocycles. The Hall–Kier alpha value is -0.890. The van der Waals surface area contributed by atoms with Crippen LogP contribution in [0.25, 0.3) is 0 Å². The lowest BCUT2D eigenvalue weighted by atomic mass is 10.3. The molecule has 64 valence electrons. The molecular weight excluding hydrogens is 166 g/mol. The molecule has 0 atom stereocenters. The first-order valence-electron chi connectivity index (χ1n) is 3.77. The topological polar surface area (TPSA) is 3.24 Å². The number of anilines is 1. The zero-order valence-electron chi connectivity index (χ0n) is 7.45. The van der Waals surface area contributed by atoms with E-state index in [2.05, 4.69) is 37.1 Å². The van der Waals surface area contributed by atoms with Crippen molar-refractivity contribution in [1.82, 2.24) is 0 Å². The van der Waals surface area contributed by atoms with Gasteiger partial charge >= 0.3 is 0 Å². The second-order valence-electron chi connectivity index (χ2n) is 2.49. The van der Waals surface area contributed by atoms with Crippen LogP contribution in [0, 0.1) is 0 Å². The molecule has 0 amide bonds. The molecule has 1 aromatic rings. The Morgan fingerprint density at radius 1 is 1.33 bits per heavy atom. The molecular formula is C10H13NS. The molecule has 0 fully saturated rings. The van der Waals surface area contributed by atoms with Crippen LogP contribution in [0.15, 0.2) is 41.9 Å². The van der Waals surface area contributed by atoms with Crippen molar-refractivity contribution < 1.29 is 0 Å². The smallest absolute Gasteiger partial charge is 0.0404 e. The fraction of sp³-hybridized carbons (Fsp3) is 0.200. The van der Waals surface area contributed by atoms with Gasteiger partial charge in [0.2, 0.25) is 0 Å². The van der Waals surface area contributed by atoms with Gasteiger partial charge < -0.3 is 4.90 Å². The summed E-state index contributed by atoms with van der Waals surface area (Å²) in [6, 6.07) is 8.40. The van der Waals surface area contributed by atoms with Gasteiger partial charge in [-0.1, -0.05) is 6.58 Å². The summed E-state index contributed by atoms with van der Waals surface area (Å²) in [5.41, 5.74) is 1.17. The highest BCUT2D eigenvalue weighted by molar-refractivity contribution is 7.98. The Morgan fingerprint density at radius 3 is 2.33 bits per heavy atom. The van der Waals surface area contributed by atoms with E-state index in [0.717, 1.165) is 0 Å². The monoisotopic (exact) mass is 179 g/mol. The number of rotatable bonds is 3. The summed E-state index contributed by atoms with van der Waals surface area (Å²) in [7, 11) is 1.99. The second-order valence-corrected chi connectivity index (χ2v) is 3.37. The van der Waals surface area contributed by atoms with Crippen LogP contribution in [0.2, 0.25) is 0 Å². The van der Waals surface area contributed by atoms with Crippen LogP contribution < -0.4 is 4.90 Å². The molecule has 0 spiro atoms. The SMILES string of the molecule is C=CN(C)c1ccc(SC)cc1. The van der Waals surface area contributed by atoms with E-state index in [1.807, 2.05) is 11.9 Å². The van der Waals surface area contributed by atoms with Gasteiger partial charge in [0.25, 0.3) is 0 Å². The third-order valence-electron chi connectivity index (χ3n) is 1.75. The molecule has 0 aliphatic heterocycles. The summed E-state index contributed by atoms with van der Waals surface area (Å²) < 4.78 is 0. The predicted octanol–water partition coefficient (Wildman–Crippen LogP) is 2.99. The average Bonchev–Trinajstić information content (AvgIpc) is 2.17. The molecule has 0 saturated carbocycles. The molecule has 1 nitrogen and oxygen atoms in total. The van der Waals surface area contributed by atoms with Crippen molar-refractivity contribution in [2.45, 2.75) is 4.90 Å². The lowest BCUT2D eigenvalue weighted by Crippen LogP contribution is -2.06. The Kier molecular flexibility index (Phi) is 3.23. The third kappa shape index (κ3) is 2.05. The summed E-state index contributed by atoms with van der Waals surface area (Å²) in [5, 5.41) is 0. The zero-order valence-corrected chi connectivity index (χ0v) is 8.27. The fourth-order valence-electron chi connectivity index (χ4n) is 0.923. The lowest BCUT2D eigenvalue weighted by molar-refractivity contribution is 1.20. The highest BCUT2D eigenvalue weighted by Gasteiger charge is 1.94. The summed E-state index contributed by atoms with van der Waals surface area (Å²) in [5.74, 6) is 0. The Bertz CT molecular complexity index is 253. The Balaban J connectivity index is 2.84. The van der Waals surface area contributed by atoms with Crippen molar-refractivity contribution >= 4 is 17.4 Å². The van der Waals surface area contributed by atoms with E-state index in [-0.39, 0.29) is 0 Å². The third-order valence-corrected chi connectivity index (χ3v) is 2.50. The second kappa shape index (κ2) is 4.21. The van der Waals surface area contributed by atoms with Crippen LogP contribution in [0.1, 0.15) is 0 Å². The van der Waals surface area contributed by atoms with Crippen molar-refractivity contribution in [2.24, 2.45) is 0 Å². The minimum Gasteiger partial charge on any atom is -0.352 e. The maximum absolute atomic E-state index is 3.70. The number of hydrogen-bond acceptors (Lipinski definition) is 2. The van der Waals surface area contributed by atoms with Crippen LogP contribution >= 0.6 is 11.8 Å². The molecule has 0 saturated heterocycles. The number of benzene rings is 1. The van der Waals surface area contributed by atoms with Crippen LogP contribution in [-0.2, 0) is 0 Å². The fourth-order valence-corrected chi connectivity index (χ4v) is 1.33. The van der Waals surface area contributed by atoms with Crippen molar-refractivity contribution in [3.05, 3.63) is 37.0 Å². The molecule has 0 unspecified atom stereocenters. The van der Waals surface area contributed by atoms with E-state index in [1.165, 1.54) is 10.6 Å². The highest BCUT2D eigenvalue weighted by Crippen LogP contribution is 2.19. The van der Waals surface area contributed by atoms with E-state index in [0.29, 0.717) is 0 Å².